The van der Waals surface area contributed by atoms with Crippen molar-refractivity contribution in [2.75, 3.05) is 11.9 Å². The Labute approximate surface area is 108 Å². The molecule has 0 saturated carbocycles. The molecule has 0 aliphatic carbocycles. The molecule has 2 rings (SSSR count). The van der Waals surface area contributed by atoms with Crippen molar-refractivity contribution in [2.24, 2.45) is 0 Å². The highest BCUT2D eigenvalue weighted by atomic mass is 16.5. The first-order chi connectivity index (χ1) is 9.09. The van der Waals surface area contributed by atoms with Gasteiger partial charge in [-0.3, -0.25) is 0 Å². The Balaban J connectivity index is 2.11. The largest absolute Gasteiger partial charge is 0.478 e. The van der Waals surface area contributed by atoms with Crippen molar-refractivity contribution in [3.05, 3.63) is 29.0 Å². The number of nitrogens with zero attached hydrogens (tertiary/aromatic N) is 4. The average molecular weight is 263 g/mol. The molecule has 0 unspecified atom stereocenters. The predicted molar refractivity (Wildman–Crippen MR) is 65.0 cm³/mol. The van der Waals surface area contributed by atoms with Crippen molar-refractivity contribution in [3.8, 4) is 0 Å². The SMILES string of the molecule is Cc1nnc(NCCc2ncon2)c(C(=O)O)c1C. The molecule has 2 N–H and O–H groups in total. The summed E-state index contributed by atoms with van der Waals surface area (Å²) in [5.41, 5.74) is 1.34. The first kappa shape index (κ1) is 12.9. The van der Waals surface area contributed by atoms with Gasteiger partial charge in [0, 0.05) is 13.0 Å². The topological polar surface area (TPSA) is 114 Å². The van der Waals surface area contributed by atoms with E-state index in [4.69, 9.17) is 0 Å². The Bertz CT molecular complexity index is 582. The summed E-state index contributed by atoms with van der Waals surface area (Å²) in [5.74, 6) is -0.238. The summed E-state index contributed by atoms with van der Waals surface area (Å²) in [5, 5.41) is 23.6. The molecule has 0 radical (unpaired) electrons. The predicted octanol–water partition coefficient (Wildman–Crippen LogP) is 0.829. The first-order valence-corrected chi connectivity index (χ1v) is 5.66. The lowest BCUT2D eigenvalue weighted by Gasteiger charge is -2.10. The van der Waals surface area contributed by atoms with E-state index in [0.29, 0.717) is 30.0 Å². The molecule has 100 valence electrons. The summed E-state index contributed by atoms with van der Waals surface area (Å²) in [6.45, 7) is 3.87. The van der Waals surface area contributed by atoms with E-state index in [9.17, 15) is 9.90 Å². The van der Waals surface area contributed by atoms with Gasteiger partial charge < -0.3 is 14.9 Å². The summed E-state index contributed by atoms with van der Waals surface area (Å²) in [6.07, 6.45) is 1.75. The van der Waals surface area contributed by atoms with Crippen molar-refractivity contribution in [1.82, 2.24) is 20.3 Å². The fourth-order valence-electron chi connectivity index (χ4n) is 1.59. The summed E-state index contributed by atoms with van der Waals surface area (Å²) in [7, 11) is 0. The van der Waals surface area contributed by atoms with Crippen molar-refractivity contribution in [1.29, 1.82) is 0 Å². The standard InChI is InChI=1S/C11H13N5O3/c1-6-7(2)14-15-10(9(6)11(17)18)12-4-3-8-13-5-19-16-8/h5H,3-4H2,1-2H3,(H,12,15)(H,17,18). The van der Waals surface area contributed by atoms with Gasteiger partial charge in [-0.05, 0) is 19.4 Å². The van der Waals surface area contributed by atoms with Crippen molar-refractivity contribution >= 4 is 11.8 Å². The molecule has 0 fully saturated rings. The molecule has 8 nitrogen and oxygen atoms in total. The molecule has 0 aromatic carbocycles. The Morgan fingerprint density at radius 1 is 1.42 bits per heavy atom. The van der Waals surface area contributed by atoms with Crippen LogP contribution in [0.5, 0.6) is 0 Å². The highest BCUT2D eigenvalue weighted by molar-refractivity contribution is 5.94. The van der Waals surface area contributed by atoms with E-state index in [0.717, 1.165) is 0 Å². The molecule has 0 aliphatic heterocycles. The summed E-state index contributed by atoms with van der Waals surface area (Å²) in [4.78, 5) is 15.1. The van der Waals surface area contributed by atoms with Crippen molar-refractivity contribution in [3.63, 3.8) is 0 Å². The average Bonchev–Trinajstić information content (AvgIpc) is 2.86. The van der Waals surface area contributed by atoms with Crippen LogP contribution in [-0.4, -0.2) is 38.0 Å². The van der Waals surface area contributed by atoms with E-state index < -0.39 is 5.97 Å². The molecule has 0 atom stereocenters. The van der Waals surface area contributed by atoms with Crippen LogP contribution in [0.4, 0.5) is 5.82 Å². The van der Waals surface area contributed by atoms with Gasteiger partial charge in [0.1, 0.15) is 5.56 Å². The van der Waals surface area contributed by atoms with E-state index in [-0.39, 0.29) is 11.4 Å². The molecule has 0 bridgehead atoms. The minimum atomic E-state index is -1.03. The van der Waals surface area contributed by atoms with Gasteiger partial charge in [-0.25, -0.2) is 4.79 Å². The van der Waals surface area contributed by atoms with Crippen LogP contribution in [-0.2, 0) is 6.42 Å². The van der Waals surface area contributed by atoms with Crippen LogP contribution in [0.25, 0.3) is 0 Å². The fraction of sp³-hybridized carbons (Fsp3) is 0.364. The number of carbonyl (C=O) groups is 1. The number of hydrogen-bond donors (Lipinski definition) is 2. The van der Waals surface area contributed by atoms with Crippen molar-refractivity contribution < 1.29 is 14.4 Å². The van der Waals surface area contributed by atoms with Gasteiger partial charge in [0.25, 0.3) is 0 Å². The lowest BCUT2D eigenvalue weighted by Crippen LogP contribution is -2.15. The lowest BCUT2D eigenvalue weighted by atomic mass is 10.1. The third-order valence-corrected chi connectivity index (χ3v) is 2.72. The van der Waals surface area contributed by atoms with E-state index in [2.05, 4.69) is 30.2 Å². The Morgan fingerprint density at radius 3 is 2.84 bits per heavy atom. The second-order valence-electron chi connectivity index (χ2n) is 3.96. The maximum absolute atomic E-state index is 11.2. The smallest absolute Gasteiger partial charge is 0.339 e. The Kier molecular flexibility index (Phi) is 3.69. The quantitative estimate of drug-likeness (QED) is 0.815. The van der Waals surface area contributed by atoms with Crippen LogP contribution in [0.3, 0.4) is 0 Å². The third-order valence-electron chi connectivity index (χ3n) is 2.72. The van der Waals surface area contributed by atoms with E-state index in [1.165, 1.54) is 6.39 Å². The molecular formula is C11H13N5O3. The van der Waals surface area contributed by atoms with E-state index in [1.54, 1.807) is 13.8 Å². The van der Waals surface area contributed by atoms with Gasteiger partial charge in [0.15, 0.2) is 11.6 Å². The Hall–Kier alpha value is -2.51. The number of carboxylic acids is 1. The van der Waals surface area contributed by atoms with Crippen LogP contribution in [0, 0.1) is 13.8 Å². The van der Waals surface area contributed by atoms with Gasteiger partial charge in [-0.2, -0.15) is 10.1 Å². The number of hydrogen-bond acceptors (Lipinski definition) is 7. The van der Waals surface area contributed by atoms with Crippen LogP contribution in [0.2, 0.25) is 0 Å². The number of aromatic nitrogens is 4. The number of nitrogens with one attached hydrogen (secondary N) is 1. The monoisotopic (exact) mass is 263 g/mol. The van der Waals surface area contributed by atoms with Gasteiger partial charge in [-0.1, -0.05) is 5.16 Å². The molecular weight excluding hydrogens is 250 g/mol. The maximum Gasteiger partial charge on any atom is 0.339 e. The normalized spacial score (nSPS) is 10.4. The highest BCUT2D eigenvalue weighted by Gasteiger charge is 2.17. The van der Waals surface area contributed by atoms with E-state index >= 15 is 0 Å². The summed E-state index contributed by atoms with van der Waals surface area (Å²) in [6, 6.07) is 0. The maximum atomic E-state index is 11.2. The molecule has 0 spiro atoms. The molecule has 8 heteroatoms. The Morgan fingerprint density at radius 2 is 2.21 bits per heavy atom. The fourth-order valence-corrected chi connectivity index (χ4v) is 1.59. The van der Waals surface area contributed by atoms with Crippen molar-refractivity contribution in [2.45, 2.75) is 20.3 Å². The molecule has 0 aliphatic rings. The number of anilines is 1. The second-order valence-corrected chi connectivity index (χ2v) is 3.96. The molecule has 2 aromatic heterocycles. The zero-order chi connectivity index (χ0) is 13.8. The minimum Gasteiger partial charge on any atom is -0.478 e. The van der Waals surface area contributed by atoms with Gasteiger partial charge in [-0.15, -0.1) is 5.10 Å². The first-order valence-electron chi connectivity index (χ1n) is 5.66. The van der Waals surface area contributed by atoms with E-state index in [1.807, 2.05) is 0 Å². The summed E-state index contributed by atoms with van der Waals surface area (Å²) >= 11 is 0. The van der Waals surface area contributed by atoms with Gasteiger partial charge >= 0.3 is 5.97 Å². The molecule has 19 heavy (non-hydrogen) atoms. The zero-order valence-corrected chi connectivity index (χ0v) is 10.5. The number of aromatic carboxylic acids is 1. The third kappa shape index (κ3) is 2.84. The minimum absolute atomic E-state index is 0.139. The number of aryl methyl sites for hydroxylation is 1. The molecule has 2 heterocycles. The van der Waals surface area contributed by atoms with Gasteiger partial charge in [0.2, 0.25) is 6.39 Å². The second kappa shape index (κ2) is 5.42. The zero-order valence-electron chi connectivity index (χ0n) is 10.5. The lowest BCUT2D eigenvalue weighted by molar-refractivity contribution is 0.0696. The number of carboxylic acid groups (broad SMARTS) is 1. The van der Waals surface area contributed by atoms with Crippen LogP contribution >= 0.6 is 0 Å². The van der Waals surface area contributed by atoms with Crippen LogP contribution in [0.1, 0.15) is 27.4 Å². The number of rotatable bonds is 5. The van der Waals surface area contributed by atoms with Crippen LogP contribution < -0.4 is 5.32 Å². The highest BCUT2D eigenvalue weighted by Crippen LogP contribution is 2.18. The summed E-state index contributed by atoms with van der Waals surface area (Å²) < 4.78 is 4.60. The molecule has 2 aromatic rings. The molecule has 0 saturated heterocycles. The van der Waals surface area contributed by atoms with Crippen LogP contribution in [0.15, 0.2) is 10.9 Å². The molecule has 0 amide bonds. The van der Waals surface area contributed by atoms with Gasteiger partial charge in [0.05, 0.1) is 5.69 Å².